The van der Waals surface area contributed by atoms with E-state index in [-0.39, 0.29) is 0 Å². The zero-order valence-electron chi connectivity index (χ0n) is 12.0. The van der Waals surface area contributed by atoms with Crippen LogP contribution in [0.1, 0.15) is 28.4 Å². The van der Waals surface area contributed by atoms with Gasteiger partial charge in [0, 0.05) is 5.56 Å². The number of hydrogen-bond acceptors (Lipinski definition) is 4. The van der Waals surface area contributed by atoms with Crippen LogP contribution in [0, 0.1) is 11.3 Å². The third-order valence-electron chi connectivity index (χ3n) is 2.91. The second-order valence-corrected chi connectivity index (χ2v) is 5.34. The topological polar surface area (TPSA) is 59.3 Å². The molecule has 0 aromatic heterocycles. The summed E-state index contributed by atoms with van der Waals surface area (Å²) in [5.41, 5.74) is 1.98. The van der Waals surface area contributed by atoms with Crippen molar-refractivity contribution < 1.29 is 14.3 Å². The van der Waals surface area contributed by atoms with E-state index in [9.17, 15) is 4.79 Å². The Balaban J connectivity index is 2.24. The van der Waals surface area contributed by atoms with Gasteiger partial charge in [-0.1, -0.05) is 12.1 Å². The second kappa shape index (κ2) is 7.62. The third-order valence-corrected chi connectivity index (χ3v) is 3.50. The first-order chi connectivity index (χ1) is 10.7. The molecule has 2 rings (SSSR count). The van der Waals surface area contributed by atoms with Gasteiger partial charge >= 0.3 is 0 Å². The van der Waals surface area contributed by atoms with Crippen LogP contribution in [0.5, 0.6) is 11.5 Å². The minimum absolute atomic E-state index is 0.300. The van der Waals surface area contributed by atoms with E-state index in [0.717, 1.165) is 11.8 Å². The molecular weight excluding hydrogens is 346 g/mol. The van der Waals surface area contributed by atoms with Gasteiger partial charge in [0.25, 0.3) is 0 Å². The summed E-state index contributed by atoms with van der Waals surface area (Å²) < 4.78 is 12.0. The molecule has 0 bridgehead atoms. The Morgan fingerprint density at radius 3 is 2.77 bits per heavy atom. The van der Waals surface area contributed by atoms with Gasteiger partial charge in [0.2, 0.25) is 0 Å². The van der Waals surface area contributed by atoms with Crippen molar-refractivity contribution in [2.75, 3.05) is 6.61 Å². The van der Waals surface area contributed by atoms with Gasteiger partial charge in [-0.2, -0.15) is 5.26 Å². The zero-order valence-corrected chi connectivity index (χ0v) is 13.6. The Morgan fingerprint density at radius 1 is 1.27 bits per heavy atom. The van der Waals surface area contributed by atoms with Gasteiger partial charge < -0.3 is 9.47 Å². The summed E-state index contributed by atoms with van der Waals surface area (Å²) in [6, 6.07) is 12.6. The Hall–Kier alpha value is -2.32. The summed E-state index contributed by atoms with van der Waals surface area (Å²) in [7, 11) is 0. The average Bonchev–Trinajstić information content (AvgIpc) is 2.54. The highest BCUT2D eigenvalue weighted by Crippen LogP contribution is 2.37. The monoisotopic (exact) mass is 359 g/mol. The first-order valence-electron chi connectivity index (χ1n) is 6.71. The van der Waals surface area contributed by atoms with Gasteiger partial charge in [0.15, 0.2) is 11.5 Å². The normalized spacial score (nSPS) is 9.86. The Morgan fingerprint density at radius 2 is 2.09 bits per heavy atom. The fraction of sp³-hybridized carbons (Fsp3) is 0.176. The van der Waals surface area contributed by atoms with Crippen LogP contribution in [0.3, 0.4) is 0 Å². The van der Waals surface area contributed by atoms with E-state index in [4.69, 9.17) is 14.7 Å². The van der Waals surface area contributed by atoms with Crippen LogP contribution in [0.25, 0.3) is 0 Å². The number of carbonyl (C=O) groups excluding carboxylic acids is 1. The lowest BCUT2D eigenvalue weighted by Gasteiger charge is -2.14. The number of nitriles is 1. The molecule has 0 saturated carbocycles. The lowest BCUT2D eigenvalue weighted by Crippen LogP contribution is -2.01. The summed E-state index contributed by atoms with van der Waals surface area (Å²) in [5.74, 6) is 1.05. The van der Waals surface area contributed by atoms with Crippen LogP contribution in [-0.2, 0) is 6.61 Å². The SMILES string of the molecule is CCOc1cc(C=O)cc(Br)c1OCc1cccc(C#N)c1. The minimum Gasteiger partial charge on any atom is -0.490 e. The Kier molecular flexibility index (Phi) is 5.56. The van der Waals surface area contributed by atoms with E-state index in [2.05, 4.69) is 22.0 Å². The van der Waals surface area contributed by atoms with Gasteiger partial charge in [0.1, 0.15) is 12.9 Å². The number of hydrogen-bond donors (Lipinski definition) is 0. The summed E-state index contributed by atoms with van der Waals surface area (Å²) >= 11 is 3.39. The maximum Gasteiger partial charge on any atom is 0.175 e. The first-order valence-corrected chi connectivity index (χ1v) is 7.50. The van der Waals surface area contributed by atoms with Crippen LogP contribution < -0.4 is 9.47 Å². The van der Waals surface area contributed by atoms with Crippen molar-refractivity contribution in [3.05, 3.63) is 57.6 Å². The van der Waals surface area contributed by atoms with Crippen molar-refractivity contribution in [2.45, 2.75) is 13.5 Å². The molecular formula is C17H14BrNO3. The van der Waals surface area contributed by atoms with Crippen LogP contribution in [-0.4, -0.2) is 12.9 Å². The molecule has 5 heteroatoms. The van der Waals surface area contributed by atoms with Crippen molar-refractivity contribution in [1.29, 1.82) is 5.26 Å². The molecule has 2 aromatic rings. The molecule has 0 aliphatic carbocycles. The predicted octanol–water partition coefficient (Wildman–Crippen LogP) is 4.11. The van der Waals surface area contributed by atoms with E-state index in [1.165, 1.54) is 0 Å². The summed E-state index contributed by atoms with van der Waals surface area (Å²) in [6.45, 7) is 2.63. The maximum absolute atomic E-state index is 10.9. The van der Waals surface area contributed by atoms with Crippen molar-refractivity contribution in [2.24, 2.45) is 0 Å². The number of ether oxygens (including phenoxy) is 2. The molecule has 0 unspecified atom stereocenters. The van der Waals surface area contributed by atoms with Crippen LogP contribution >= 0.6 is 15.9 Å². The molecule has 0 radical (unpaired) electrons. The molecule has 0 fully saturated rings. The summed E-state index contributed by atoms with van der Waals surface area (Å²) in [5, 5.41) is 8.91. The lowest BCUT2D eigenvalue weighted by atomic mass is 10.1. The summed E-state index contributed by atoms with van der Waals surface area (Å²) in [6.07, 6.45) is 0.757. The fourth-order valence-corrected chi connectivity index (χ4v) is 2.52. The minimum atomic E-state index is 0.300. The second-order valence-electron chi connectivity index (χ2n) is 4.48. The van der Waals surface area contributed by atoms with Crippen LogP contribution in [0.15, 0.2) is 40.9 Å². The van der Waals surface area contributed by atoms with Gasteiger partial charge in [0.05, 0.1) is 22.7 Å². The fourth-order valence-electron chi connectivity index (χ4n) is 1.95. The van der Waals surface area contributed by atoms with E-state index >= 15 is 0 Å². The van der Waals surface area contributed by atoms with Crippen LogP contribution in [0.2, 0.25) is 0 Å². The quantitative estimate of drug-likeness (QED) is 0.728. The van der Waals surface area contributed by atoms with E-state index < -0.39 is 0 Å². The molecule has 0 aliphatic heterocycles. The molecule has 0 amide bonds. The van der Waals surface area contributed by atoms with Crippen molar-refractivity contribution in [3.8, 4) is 17.6 Å². The molecule has 0 heterocycles. The maximum atomic E-state index is 10.9. The zero-order chi connectivity index (χ0) is 15.9. The Bertz CT molecular complexity index is 722. The van der Waals surface area contributed by atoms with E-state index in [1.54, 1.807) is 24.3 Å². The first kappa shape index (κ1) is 16.1. The van der Waals surface area contributed by atoms with Gasteiger partial charge in [-0.05, 0) is 52.7 Å². The smallest absolute Gasteiger partial charge is 0.175 e. The molecule has 0 saturated heterocycles. The molecule has 4 nitrogen and oxygen atoms in total. The van der Waals surface area contributed by atoms with E-state index in [1.807, 2.05) is 19.1 Å². The molecule has 0 N–H and O–H groups in total. The molecule has 22 heavy (non-hydrogen) atoms. The molecule has 0 atom stereocenters. The van der Waals surface area contributed by atoms with E-state index in [0.29, 0.717) is 40.3 Å². The number of rotatable bonds is 6. The largest absolute Gasteiger partial charge is 0.490 e. The number of nitrogens with zero attached hydrogens (tertiary/aromatic N) is 1. The highest BCUT2D eigenvalue weighted by molar-refractivity contribution is 9.10. The third kappa shape index (κ3) is 3.86. The highest BCUT2D eigenvalue weighted by atomic mass is 79.9. The number of carbonyl (C=O) groups is 1. The molecule has 112 valence electrons. The Labute approximate surface area is 137 Å². The molecule has 0 spiro atoms. The predicted molar refractivity (Wildman–Crippen MR) is 86.2 cm³/mol. The summed E-state index contributed by atoms with van der Waals surface area (Å²) in [4.78, 5) is 10.9. The van der Waals surface area contributed by atoms with Crippen molar-refractivity contribution in [3.63, 3.8) is 0 Å². The van der Waals surface area contributed by atoms with Crippen molar-refractivity contribution in [1.82, 2.24) is 0 Å². The highest BCUT2D eigenvalue weighted by Gasteiger charge is 2.12. The standard InChI is InChI=1S/C17H14BrNO3/c1-2-21-16-8-14(10-20)7-15(18)17(16)22-11-13-5-3-4-12(6-13)9-19/h3-8,10H,2,11H2,1H3. The number of aldehydes is 1. The lowest BCUT2D eigenvalue weighted by molar-refractivity contribution is 0.112. The van der Waals surface area contributed by atoms with Crippen molar-refractivity contribution >= 4 is 22.2 Å². The average molecular weight is 360 g/mol. The molecule has 2 aromatic carbocycles. The van der Waals surface area contributed by atoms with Crippen LogP contribution in [0.4, 0.5) is 0 Å². The number of benzene rings is 2. The van der Waals surface area contributed by atoms with Gasteiger partial charge in [-0.15, -0.1) is 0 Å². The van der Waals surface area contributed by atoms with Gasteiger partial charge in [-0.25, -0.2) is 0 Å². The van der Waals surface area contributed by atoms with Gasteiger partial charge in [-0.3, -0.25) is 4.79 Å². The number of halogens is 1. The molecule has 0 aliphatic rings.